The highest BCUT2D eigenvalue weighted by Gasteiger charge is 2.10. The standard InChI is InChI=1S/C23H23NO3/c1-2-15-24-22(25)13-14-23(26)27-19-9-5-3-8-18-12-11-17-7-4-6-10-20(17)21(18)16-19/h3-12,16H,2,13-15H2,1H3,(H,24,25)/b5-3-,8-3?,9-5?,18-8-,19-9+,19-16?,21-16+. The summed E-state index contributed by atoms with van der Waals surface area (Å²) in [6.45, 7) is 2.61. The first-order valence-corrected chi connectivity index (χ1v) is 9.23. The van der Waals surface area contributed by atoms with Gasteiger partial charge in [-0.15, -0.1) is 0 Å². The van der Waals surface area contributed by atoms with E-state index < -0.39 is 5.97 Å². The van der Waals surface area contributed by atoms with Gasteiger partial charge in [-0.3, -0.25) is 9.59 Å². The van der Waals surface area contributed by atoms with Crippen LogP contribution in [0, 0.1) is 0 Å². The van der Waals surface area contributed by atoms with Crippen molar-refractivity contribution in [3.63, 3.8) is 0 Å². The largest absolute Gasteiger partial charge is 0.426 e. The summed E-state index contributed by atoms with van der Waals surface area (Å²) in [6.07, 6.45) is 10.5. The molecule has 138 valence electrons. The summed E-state index contributed by atoms with van der Waals surface area (Å²) < 4.78 is 5.51. The number of amides is 1. The molecule has 1 aliphatic rings. The van der Waals surface area contributed by atoms with Gasteiger partial charge in [0, 0.05) is 13.0 Å². The third kappa shape index (κ3) is 4.94. The van der Waals surface area contributed by atoms with E-state index in [2.05, 4.69) is 29.6 Å². The van der Waals surface area contributed by atoms with E-state index in [0.717, 1.165) is 27.6 Å². The number of carbonyl (C=O) groups excluding carboxylic acids is 2. The summed E-state index contributed by atoms with van der Waals surface area (Å²) in [5, 5.41) is 7.06. The first kappa shape index (κ1) is 18.6. The lowest BCUT2D eigenvalue weighted by Gasteiger charge is -2.07. The molecule has 0 aliphatic heterocycles. The molecule has 2 aromatic rings. The van der Waals surface area contributed by atoms with Crippen molar-refractivity contribution in [3.8, 4) is 0 Å². The summed E-state index contributed by atoms with van der Waals surface area (Å²) in [7, 11) is 0. The van der Waals surface area contributed by atoms with Gasteiger partial charge in [0.1, 0.15) is 5.76 Å². The summed E-state index contributed by atoms with van der Waals surface area (Å²) in [5.74, 6) is -0.0740. The molecule has 1 amide bonds. The van der Waals surface area contributed by atoms with Gasteiger partial charge in [0.25, 0.3) is 0 Å². The number of hydrogen-bond donors (Lipinski definition) is 1. The van der Waals surface area contributed by atoms with Crippen molar-refractivity contribution in [3.05, 3.63) is 70.8 Å². The molecule has 0 radical (unpaired) electrons. The Morgan fingerprint density at radius 3 is 2.67 bits per heavy atom. The smallest absolute Gasteiger partial charge is 0.311 e. The number of carbonyl (C=O) groups is 2. The van der Waals surface area contributed by atoms with Gasteiger partial charge in [-0.05, 0) is 39.8 Å². The minimum atomic E-state index is -0.413. The molecule has 0 fully saturated rings. The van der Waals surface area contributed by atoms with Crippen LogP contribution < -0.4 is 15.8 Å². The molecule has 0 atom stereocenters. The fraction of sp³-hybridized carbons (Fsp3) is 0.217. The van der Waals surface area contributed by atoms with Gasteiger partial charge in [0.2, 0.25) is 5.91 Å². The lowest BCUT2D eigenvalue weighted by Crippen LogP contribution is -2.26. The highest BCUT2D eigenvalue weighted by atomic mass is 16.5. The van der Waals surface area contributed by atoms with E-state index in [9.17, 15) is 9.59 Å². The Balaban J connectivity index is 1.81. The Hall–Kier alpha value is -3.14. The Morgan fingerprint density at radius 1 is 1.00 bits per heavy atom. The van der Waals surface area contributed by atoms with Crippen molar-refractivity contribution in [2.75, 3.05) is 6.54 Å². The molecule has 1 aliphatic carbocycles. The number of esters is 1. The van der Waals surface area contributed by atoms with E-state index in [1.54, 1.807) is 6.08 Å². The molecule has 0 aromatic heterocycles. The predicted octanol–water partition coefficient (Wildman–Crippen LogP) is 2.70. The predicted molar refractivity (Wildman–Crippen MR) is 108 cm³/mol. The van der Waals surface area contributed by atoms with Crippen LogP contribution in [0.5, 0.6) is 0 Å². The lowest BCUT2D eigenvalue weighted by atomic mass is 10.0. The van der Waals surface area contributed by atoms with Crippen LogP contribution in [0.4, 0.5) is 0 Å². The Kier molecular flexibility index (Phi) is 6.21. The molecule has 0 saturated carbocycles. The molecular weight excluding hydrogens is 338 g/mol. The number of fused-ring (bicyclic) bond motifs is 3. The third-order valence-electron chi connectivity index (χ3n) is 4.30. The van der Waals surface area contributed by atoms with Crippen molar-refractivity contribution >= 4 is 34.8 Å². The summed E-state index contributed by atoms with van der Waals surface area (Å²) in [5.41, 5.74) is 0. The van der Waals surface area contributed by atoms with Crippen LogP contribution >= 0.6 is 0 Å². The topological polar surface area (TPSA) is 55.4 Å². The monoisotopic (exact) mass is 361 g/mol. The van der Waals surface area contributed by atoms with Gasteiger partial charge in [-0.2, -0.15) is 0 Å². The third-order valence-corrected chi connectivity index (χ3v) is 4.30. The number of ether oxygens (including phenoxy) is 1. The van der Waals surface area contributed by atoms with Gasteiger partial charge >= 0.3 is 5.97 Å². The van der Waals surface area contributed by atoms with Gasteiger partial charge in [0.05, 0.1) is 6.42 Å². The zero-order valence-electron chi connectivity index (χ0n) is 15.4. The van der Waals surface area contributed by atoms with E-state index in [1.165, 1.54) is 0 Å². The van der Waals surface area contributed by atoms with Gasteiger partial charge in [-0.25, -0.2) is 0 Å². The average molecular weight is 361 g/mol. The highest BCUT2D eigenvalue weighted by Crippen LogP contribution is 2.10. The molecule has 4 heteroatoms. The van der Waals surface area contributed by atoms with Crippen molar-refractivity contribution in [2.45, 2.75) is 26.2 Å². The molecule has 0 unspecified atom stereocenters. The molecular formula is C23H23NO3. The fourth-order valence-corrected chi connectivity index (χ4v) is 2.93. The van der Waals surface area contributed by atoms with Crippen LogP contribution in [0.15, 0.2) is 60.4 Å². The second kappa shape index (κ2) is 8.99. The van der Waals surface area contributed by atoms with Crippen LogP contribution in [0.3, 0.4) is 0 Å². The highest BCUT2D eigenvalue weighted by molar-refractivity contribution is 5.85. The average Bonchev–Trinajstić information content (AvgIpc) is 2.66. The number of rotatable bonds is 6. The molecule has 1 N–H and O–H groups in total. The SMILES string of the molecule is CCCNC(=O)CCC(=O)OC1=C/C=C\C=c2\ccc3ccccc3\c2=C\1. The first-order chi connectivity index (χ1) is 13.2. The second-order valence-corrected chi connectivity index (χ2v) is 6.38. The lowest BCUT2D eigenvalue weighted by molar-refractivity contribution is -0.140. The maximum Gasteiger partial charge on any atom is 0.311 e. The van der Waals surface area contributed by atoms with E-state index in [4.69, 9.17) is 4.74 Å². The van der Waals surface area contributed by atoms with Gasteiger partial charge in [0.15, 0.2) is 0 Å². The Morgan fingerprint density at radius 2 is 1.81 bits per heavy atom. The van der Waals surface area contributed by atoms with Crippen LogP contribution in [-0.2, 0) is 14.3 Å². The van der Waals surface area contributed by atoms with Crippen LogP contribution in [0.1, 0.15) is 26.2 Å². The number of benzene rings is 2. The first-order valence-electron chi connectivity index (χ1n) is 9.23. The van der Waals surface area contributed by atoms with Crippen molar-refractivity contribution in [1.82, 2.24) is 5.32 Å². The summed E-state index contributed by atoms with van der Waals surface area (Å²) in [4.78, 5) is 23.8. The molecule has 0 spiro atoms. The summed E-state index contributed by atoms with van der Waals surface area (Å²) >= 11 is 0. The van der Waals surface area contributed by atoms with Crippen molar-refractivity contribution < 1.29 is 14.3 Å². The molecule has 3 rings (SSSR count). The Bertz CT molecular complexity index is 1030. The molecule has 27 heavy (non-hydrogen) atoms. The minimum Gasteiger partial charge on any atom is -0.426 e. The molecule has 0 bridgehead atoms. The van der Waals surface area contributed by atoms with E-state index in [1.807, 2.05) is 43.4 Å². The minimum absolute atomic E-state index is 0.0545. The zero-order valence-corrected chi connectivity index (χ0v) is 15.4. The van der Waals surface area contributed by atoms with Crippen LogP contribution in [-0.4, -0.2) is 18.4 Å². The second-order valence-electron chi connectivity index (χ2n) is 6.38. The quantitative estimate of drug-likeness (QED) is 0.805. The summed E-state index contributed by atoms with van der Waals surface area (Å²) in [6, 6.07) is 12.3. The van der Waals surface area contributed by atoms with E-state index >= 15 is 0 Å². The van der Waals surface area contributed by atoms with Crippen molar-refractivity contribution in [2.24, 2.45) is 0 Å². The van der Waals surface area contributed by atoms with E-state index in [-0.39, 0.29) is 18.7 Å². The number of nitrogens with one attached hydrogen (secondary N) is 1. The Labute approximate surface area is 158 Å². The number of allylic oxidation sites excluding steroid dienone is 4. The van der Waals surface area contributed by atoms with E-state index in [0.29, 0.717) is 12.3 Å². The molecule has 0 heterocycles. The van der Waals surface area contributed by atoms with Gasteiger partial charge < -0.3 is 10.1 Å². The molecule has 0 saturated heterocycles. The van der Waals surface area contributed by atoms with Gasteiger partial charge in [-0.1, -0.05) is 61.5 Å². The van der Waals surface area contributed by atoms with Crippen LogP contribution in [0.2, 0.25) is 0 Å². The molecule has 4 nitrogen and oxygen atoms in total. The maximum absolute atomic E-state index is 12.2. The number of hydrogen-bond acceptors (Lipinski definition) is 3. The van der Waals surface area contributed by atoms with Crippen LogP contribution in [0.25, 0.3) is 22.9 Å². The normalized spacial score (nSPS) is 18.3. The molecule has 2 aromatic carbocycles. The fourth-order valence-electron chi connectivity index (χ4n) is 2.93. The van der Waals surface area contributed by atoms with Crippen molar-refractivity contribution in [1.29, 1.82) is 0 Å². The maximum atomic E-state index is 12.2. The zero-order chi connectivity index (χ0) is 19.1.